The van der Waals surface area contributed by atoms with Crippen LogP contribution in [0.1, 0.15) is 36.9 Å². The van der Waals surface area contributed by atoms with Gasteiger partial charge in [0.15, 0.2) is 5.75 Å². The van der Waals surface area contributed by atoms with Crippen molar-refractivity contribution in [3.63, 3.8) is 0 Å². The molecule has 0 aliphatic carbocycles. The average Bonchev–Trinajstić information content (AvgIpc) is 2.59. The molecule has 1 aromatic carbocycles. The Hall–Kier alpha value is -2.10. The molecule has 0 amide bonds. The maximum absolute atomic E-state index is 9.53. The first-order chi connectivity index (χ1) is 11.2. The van der Waals surface area contributed by atoms with Crippen LogP contribution in [0, 0.1) is 12.8 Å². The average molecular weight is 311 g/mol. The summed E-state index contributed by atoms with van der Waals surface area (Å²) in [5, 5.41) is 9.53. The van der Waals surface area contributed by atoms with Gasteiger partial charge in [0.25, 0.3) is 0 Å². The van der Waals surface area contributed by atoms with Gasteiger partial charge in [-0.25, -0.2) is 9.97 Å². The van der Waals surface area contributed by atoms with Gasteiger partial charge >= 0.3 is 0 Å². The monoisotopic (exact) mass is 311 g/mol. The third-order valence-corrected chi connectivity index (χ3v) is 4.76. The molecule has 23 heavy (non-hydrogen) atoms. The van der Waals surface area contributed by atoms with Gasteiger partial charge in [-0.15, -0.1) is 0 Å². The minimum absolute atomic E-state index is 0.171. The molecule has 0 atom stereocenters. The first-order valence-electron chi connectivity index (χ1n) is 8.54. The molecule has 2 heterocycles. The zero-order valence-corrected chi connectivity index (χ0v) is 13.8. The maximum Gasteiger partial charge on any atom is 0.225 e. The van der Waals surface area contributed by atoms with Crippen LogP contribution in [-0.2, 0) is 6.42 Å². The number of aromatic nitrogens is 2. The van der Waals surface area contributed by atoms with E-state index in [0.717, 1.165) is 25.0 Å². The Morgan fingerprint density at radius 2 is 1.91 bits per heavy atom. The summed E-state index contributed by atoms with van der Waals surface area (Å²) in [7, 11) is 0. The van der Waals surface area contributed by atoms with Crippen LogP contribution in [0.25, 0.3) is 0 Å². The molecule has 1 fully saturated rings. The fraction of sp³-hybridized carbons (Fsp3) is 0.474. The van der Waals surface area contributed by atoms with Gasteiger partial charge in [-0.05, 0) is 50.5 Å². The summed E-state index contributed by atoms with van der Waals surface area (Å²) in [6, 6.07) is 10.7. The number of piperidine rings is 1. The van der Waals surface area contributed by atoms with E-state index in [2.05, 4.69) is 45.2 Å². The SMILES string of the molecule is Cc1nc(N2CCC(CCCc3ccccc3)CC2)ncc1O. The molecule has 0 bridgehead atoms. The van der Waals surface area contributed by atoms with E-state index in [0.29, 0.717) is 5.69 Å². The highest BCUT2D eigenvalue weighted by atomic mass is 16.3. The van der Waals surface area contributed by atoms with E-state index in [1.54, 1.807) is 0 Å². The minimum atomic E-state index is 0.171. The lowest BCUT2D eigenvalue weighted by molar-refractivity contribution is 0.370. The van der Waals surface area contributed by atoms with Crippen molar-refractivity contribution in [1.29, 1.82) is 0 Å². The van der Waals surface area contributed by atoms with E-state index in [-0.39, 0.29) is 5.75 Å². The van der Waals surface area contributed by atoms with Crippen LogP contribution in [0.15, 0.2) is 36.5 Å². The molecule has 4 nitrogen and oxygen atoms in total. The van der Waals surface area contributed by atoms with Crippen molar-refractivity contribution in [3.05, 3.63) is 47.8 Å². The lowest BCUT2D eigenvalue weighted by Gasteiger charge is -2.32. The fourth-order valence-electron chi connectivity index (χ4n) is 3.26. The summed E-state index contributed by atoms with van der Waals surface area (Å²) in [6.45, 7) is 3.84. The Kier molecular flexibility index (Phi) is 5.11. The van der Waals surface area contributed by atoms with Crippen molar-refractivity contribution in [2.24, 2.45) is 5.92 Å². The van der Waals surface area contributed by atoms with Crippen molar-refractivity contribution in [1.82, 2.24) is 9.97 Å². The smallest absolute Gasteiger partial charge is 0.225 e. The Morgan fingerprint density at radius 1 is 1.17 bits per heavy atom. The molecular weight excluding hydrogens is 286 g/mol. The molecule has 1 aliphatic rings. The second-order valence-electron chi connectivity index (χ2n) is 6.45. The van der Waals surface area contributed by atoms with Crippen LogP contribution in [0.3, 0.4) is 0 Å². The van der Waals surface area contributed by atoms with Crippen molar-refractivity contribution < 1.29 is 5.11 Å². The maximum atomic E-state index is 9.53. The van der Waals surface area contributed by atoms with Gasteiger partial charge in [-0.1, -0.05) is 30.3 Å². The number of hydrogen-bond acceptors (Lipinski definition) is 4. The highest BCUT2D eigenvalue weighted by Crippen LogP contribution is 2.25. The Morgan fingerprint density at radius 3 is 2.61 bits per heavy atom. The lowest BCUT2D eigenvalue weighted by Crippen LogP contribution is -2.35. The summed E-state index contributed by atoms with van der Waals surface area (Å²) in [4.78, 5) is 10.9. The zero-order chi connectivity index (χ0) is 16.1. The number of hydrogen-bond donors (Lipinski definition) is 1. The molecule has 1 aromatic heterocycles. The van der Waals surface area contributed by atoms with E-state index >= 15 is 0 Å². The number of rotatable bonds is 5. The molecule has 0 radical (unpaired) electrons. The molecule has 4 heteroatoms. The van der Waals surface area contributed by atoms with Gasteiger partial charge in [0.05, 0.1) is 11.9 Å². The molecular formula is C19H25N3O. The van der Waals surface area contributed by atoms with Crippen molar-refractivity contribution >= 4 is 5.95 Å². The standard InChI is InChI=1S/C19H25N3O/c1-15-18(23)14-20-19(21-15)22-12-10-17(11-13-22)9-5-8-16-6-3-2-4-7-16/h2-4,6-7,14,17,23H,5,8-13H2,1H3. The summed E-state index contributed by atoms with van der Waals surface area (Å²) in [5.41, 5.74) is 2.10. The van der Waals surface area contributed by atoms with Crippen LogP contribution in [-0.4, -0.2) is 28.2 Å². The number of aryl methyl sites for hydroxylation is 2. The third-order valence-electron chi connectivity index (χ3n) is 4.76. The summed E-state index contributed by atoms with van der Waals surface area (Å²) in [5.74, 6) is 1.74. The predicted octanol–water partition coefficient (Wildman–Crippen LogP) is 3.73. The number of nitrogens with zero attached hydrogens (tertiary/aromatic N) is 3. The Labute approximate surface area is 138 Å². The quantitative estimate of drug-likeness (QED) is 0.914. The van der Waals surface area contributed by atoms with Crippen LogP contribution in [0.2, 0.25) is 0 Å². The lowest BCUT2D eigenvalue weighted by atomic mass is 9.91. The highest BCUT2D eigenvalue weighted by molar-refractivity contribution is 5.35. The van der Waals surface area contributed by atoms with Gasteiger partial charge in [-0.2, -0.15) is 0 Å². The van der Waals surface area contributed by atoms with E-state index < -0.39 is 0 Å². The van der Waals surface area contributed by atoms with Crippen LogP contribution in [0.5, 0.6) is 5.75 Å². The zero-order valence-electron chi connectivity index (χ0n) is 13.8. The molecule has 1 aliphatic heterocycles. The third kappa shape index (κ3) is 4.21. The number of anilines is 1. The molecule has 3 rings (SSSR count). The van der Waals surface area contributed by atoms with E-state index in [4.69, 9.17) is 0 Å². The summed E-state index contributed by atoms with van der Waals surface area (Å²) in [6.07, 6.45) is 7.67. The van der Waals surface area contributed by atoms with Crippen molar-refractivity contribution in [2.75, 3.05) is 18.0 Å². The Balaban J connectivity index is 1.44. The van der Waals surface area contributed by atoms with Crippen molar-refractivity contribution in [2.45, 2.75) is 39.0 Å². The van der Waals surface area contributed by atoms with Gasteiger partial charge in [-0.3, -0.25) is 0 Å². The van der Waals surface area contributed by atoms with E-state index in [9.17, 15) is 5.11 Å². The highest BCUT2D eigenvalue weighted by Gasteiger charge is 2.21. The molecule has 122 valence electrons. The number of aromatic hydroxyl groups is 1. The van der Waals surface area contributed by atoms with E-state index in [1.807, 2.05) is 6.92 Å². The number of benzene rings is 1. The predicted molar refractivity (Wildman–Crippen MR) is 92.8 cm³/mol. The summed E-state index contributed by atoms with van der Waals surface area (Å²) >= 11 is 0. The topological polar surface area (TPSA) is 49.2 Å². The molecule has 1 saturated heterocycles. The largest absolute Gasteiger partial charge is 0.504 e. The second-order valence-corrected chi connectivity index (χ2v) is 6.45. The molecule has 1 N–H and O–H groups in total. The first-order valence-corrected chi connectivity index (χ1v) is 8.54. The molecule has 0 spiro atoms. The molecule has 2 aromatic rings. The summed E-state index contributed by atoms with van der Waals surface area (Å²) < 4.78 is 0. The second kappa shape index (κ2) is 7.44. The molecule has 0 saturated carbocycles. The Bertz CT molecular complexity index is 622. The fourth-order valence-corrected chi connectivity index (χ4v) is 3.26. The van der Waals surface area contributed by atoms with Crippen LogP contribution in [0.4, 0.5) is 5.95 Å². The van der Waals surface area contributed by atoms with Gasteiger partial charge in [0, 0.05) is 13.1 Å². The van der Waals surface area contributed by atoms with Crippen LogP contribution >= 0.6 is 0 Å². The van der Waals surface area contributed by atoms with Crippen LogP contribution < -0.4 is 4.90 Å². The first kappa shape index (κ1) is 15.8. The van der Waals surface area contributed by atoms with E-state index in [1.165, 1.54) is 43.9 Å². The van der Waals surface area contributed by atoms with Gasteiger partial charge in [0.2, 0.25) is 5.95 Å². The van der Waals surface area contributed by atoms with Gasteiger partial charge in [0.1, 0.15) is 0 Å². The molecule has 0 unspecified atom stereocenters. The normalized spacial score (nSPS) is 15.8. The van der Waals surface area contributed by atoms with Crippen molar-refractivity contribution in [3.8, 4) is 5.75 Å². The minimum Gasteiger partial charge on any atom is -0.504 e. The van der Waals surface area contributed by atoms with Gasteiger partial charge < -0.3 is 10.0 Å².